The molecule has 2 nitrogen and oxygen atoms in total. The lowest BCUT2D eigenvalue weighted by Crippen LogP contribution is -2.07. The van der Waals surface area contributed by atoms with Crippen LogP contribution < -0.4 is 9.47 Å². The van der Waals surface area contributed by atoms with Crippen molar-refractivity contribution in [3.8, 4) is 31.7 Å². The first-order chi connectivity index (χ1) is 12.8. The Balaban J connectivity index is 2.24. The van der Waals surface area contributed by atoms with E-state index in [0.717, 1.165) is 17.1 Å². The van der Waals surface area contributed by atoms with Crippen LogP contribution in [-0.2, 0) is 0 Å². The van der Waals surface area contributed by atoms with Gasteiger partial charge in [0.15, 0.2) is 0 Å². The predicted octanol–water partition coefficient (Wildman–Crippen LogP) is 7.94. The second kappa shape index (κ2) is 7.98. The summed E-state index contributed by atoms with van der Waals surface area (Å²) in [6.07, 6.45) is 0.106. The summed E-state index contributed by atoms with van der Waals surface area (Å²) in [6.45, 7) is 12.9. The van der Waals surface area contributed by atoms with E-state index in [4.69, 9.17) is 9.47 Å². The van der Waals surface area contributed by atoms with E-state index in [1.807, 2.05) is 40.9 Å². The second-order valence-electron chi connectivity index (χ2n) is 6.97. The van der Waals surface area contributed by atoms with Gasteiger partial charge in [-0.3, -0.25) is 0 Å². The number of hydrogen-bond donors (Lipinski definition) is 0. The van der Waals surface area contributed by atoms with Gasteiger partial charge >= 0.3 is 0 Å². The Hall–Kier alpha value is -1.30. The molecule has 0 saturated carbocycles. The topological polar surface area (TPSA) is 18.5 Å². The summed E-state index contributed by atoms with van der Waals surface area (Å²) in [7, 11) is 1.72. The Bertz CT molecular complexity index is 983. The highest BCUT2D eigenvalue weighted by Gasteiger charge is 2.23. The quantitative estimate of drug-likeness (QED) is 0.381. The molecule has 3 aromatic rings. The van der Waals surface area contributed by atoms with E-state index >= 15 is 0 Å². The number of hydrogen-bond acceptors (Lipinski definition) is 4. The van der Waals surface area contributed by atoms with Crippen molar-refractivity contribution in [2.24, 2.45) is 0 Å². The van der Waals surface area contributed by atoms with Gasteiger partial charge in [0.05, 0.1) is 22.6 Å². The van der Waals surface area contributed by atoms with Crippen molar-refractivity contribution in [3.63, 3.8) is 0 Å². The van der Waals surface area contributed by atoms with Crippen molar-refractivity contribution in [2.75, 3.05) is 7.11 Å². The number of benzene rings is 1. The van der Waals surface area contributed by atoms with Crippen LogP contribution in [0, 0.1) is 27.7 Å². The smallest absolute Gasteiger partial charge is 0.132 e. The van der Waals surface area contributed by atoms with Gasteiger partial charge in [0.25, 0.3) is 0 Å². The van der Waals surface area contributed by atoms with Crippen molar-refractivity contribution in [2.45, 2.75) is 47.6 Å². The third-order valence-corrected chi connectivity index (χ3v) is 8.68. The van der Waals surface area contributed by atoms with Crippen LogP contribution in [0.5, 0.6) is 11.5 Å². The molecular weight excluding hydrogens is 440 g/mol. The lowest BCUT2D eigenvalue weighted by atomic mass is 10.0. The first-order valence-corrected chi connectivity index (χ1v) is 11.4. The van der Waals surface area contributed by atoms with Crippen LogP contribution in [0.1, 0.15) is 36.1 Å². The molecule has 0 radical (unpaired) electrons. The third-order valence-electron chi connectivity index (χ3n) is 4.84. The van der Waals surface area contributed by atoms with Gasteiger partial charge in [-0.2, -0.15) is 0 Å². The predicted molar refractivity (Wildman–Crippen MR) is 122 cm³/mol. The van der Waals surface area contributed by atoms with E-state index in [2.05, 4.69) is 57.5 Å². The summed E-state index contributed by atoms with van der Waals surface area (Å²) in [5, 5.41) is 0. The fourth-order valence-electron chi connectivity index (χ4n) is 3.09. The van der Waals surface area contributed by atoms with Crippen molar-refractivity contribution >= 4 is 38.6 Å². The Morgan fingerprint density at radius 3 is 1.93 bits per heavy atom. The van der Waals surface area contributed by atoms with E-state index in [0.29, 0.717) is 0 Å². The Morgan fingerprint density at radius 2 is 1.37 bits per heavy atom. The summed E-state index contributed by atoms with van der Waals surface area (Å²) in [4.78, 5) is 3.90. The highest BCUT2D eigenvalue weighted by Crippen LogP contribution is 2.51. The standard InChI is InChI=1S/C22H25BrO2S2/c1-11(2)25-17-10-8-9-16(24-7)18(17)19-12(3)13(4)20(26-19)21-14(5)15(6)22(23)27-21/h8-11H,1-7H3. The molecule has 0 atom stereocenters. The molecule has 0 aliphatic rings. The minimum absolute atomic E-state index is 0.106. The Kier molecular flexibility index (Phi) is 6.04. The van der Waals surface area contributed by atoms with Crippen molar-refractivity contribution in [3.05, 3.63) is 44.2 Å². The molecule has 2 aromatic heterocycles. The van der Waals surface area contributed by atoms with Gasteiger partial charge in [0.2, 0.25) is 0 Å². The average Bonchev–Trinajstić information content (AvgIpc) is 3.05. The maximum Gasteiger partial charge on any atom is 0.132 e. The number of rotatable bonds is 5. The van der Waals surface area contributed by atoms with Crippen molar-refractivity contribution < 1.29 is 9.47 Å². The van der Waals surface area contributed by atoms with Crippen LogP contribution in [0.2, 0.25) is 0 Å². The van der Waals surface area contributed by atoms with Gasteiger partial charge in [0.1, 0.15) is 11.5 Å². The molecule has 3 rings (SSSR count). The van der Waals surface area contributed by atoms with E-state index < -0.39 is 0 Å². The van der Waals surface area contributed by atoms with Crippen LogP contribution in [0.4, 0.5) is 0 Å². The maximum absolute atomic E-state index is 6.12. The van der Waals surface area contributed by atoms with Gasteiger partial charge in [-0.1, -0.05) is 6.07 Å². The average molecular weight is 465 g/mol. The molecule has 0 fully saturated rings. The summed E-state index contributed by atoms with van der Waals surface area (Å²) in [5.41, 5.74) is 6.34. The molecule has 0 spiro atoms. The van der Waals surface area contributed by atoms with Crippen LogP contribution in [0.3, 0.4) is 0 Å². The Morgan fingerprint density at radius 1 is 0.815 bits per heavy atom. The van der Waals surface area contributed by atoms with E-state index in [1.54, 1.807) is 7.11 Å². The van der Waals surface area contributed by atoms with Gasteiger partial charge in [-0.05, 0) is 91.9 Å². The van der Waals surface area contributed by atoms with Crippen LogP contribution in [-0.4, -0.2) is 13.2 Å². The van der Waals surface area contributed by atoms with E-state index in [-0.39, 0.29) is 6.10 Å². The SMILES string of the molecule is COc1cccc(OC(C)C)c1-c1sc(-c2sc(Br)c(C)c2C)c(C)c1C. The van der Waals surface area contributed by atoms with Crippen LogP contribution in [0.25, 0.3) is 20.2 Å². The maximum atomic E-state index is 6.12. The molecule has 27 heavy (non-hydrogen) atoms. The van der Waals surface area contributed by atoms with Gasteiger partial charge < -0.3 is 9.47 Å². The molecule has 5 heteroatoms. The fraction of sp³-hybridized carbons (Fsp3) is 0.364. The lowest BCUT2D eigenvalue weighted by molar-refractivity contribution is 0.242. The van der Waals surface area contributed by atoms with Gasteiger partial charge in [-0.15, -0.1) is 22.7 Å². The highest BCUT2D eigenvalue weighted by molar-refractivity contribution is 9.11. The molecular formula is C22H25BrO2S2. The normalized spacial score (nSPS) is 11.3. The summed E-state index contributed by atoms with van der Waals surface area (Å²) < 4.78 is 13.0. The zero-order chi connectivity index (χ0) is 19.9. The third kappa shape index (κ3) is 3.69. The zero-order valence-corrected chi connectivity index (χ0v) is 20.0. The van der Waals surface area contributed by atoms with E-state index in [1.165, 1.54) is 40.7 Å². The first kappa shape index (κ1) is 20.4. The first-order valence-electron chi connectivity index (χ1n) is 8.96. The molecule has 0 aliphatic heterocycles. The second-order valence-corrected chi connectivity index (χ2v) is 10.3. The number of methoxy groups -OCH3 is 1. The molecule has 1 aromatic carbocycles. The highest BCUT2D eigenvalue weighted by atomic mass is 79.9. The van der Waals surface area contributed by atoms with Crippen molar-refractivity contribution in [1.82, 2.24) is 0 Å². The molecule has 144 valence electrons. The number of halogens is 1. The van der Waals surface area contributed by atoms with Crippen molar-refractivity contribution in [1.29, 1.82) is 0 Å². The summed E-state index contributed by atoms with van der Waals surface area (Å²) in [6, 6.07) is 6.03. The zero-order valence-electron chi connectivity index (χ0n) is 16.8. The van der Waals surface area contributed by atoms with Crippen LogP contribution >= 0.6 is 38.6 Å². The number of ether oxygens (including phenoxy) is 2. The summed E-state index contributed by atoms with van der Waals surface area (Å²) >= 11 is 7.35. The number of thiophene rings is 2. The monoisotopic (exact) mass is 464 g/mol. The minimum atomic E-state index is 0.106. The molecule has 0 bridgehead atoms. The molecule has 0 N–H and O–H groups in total. The molecule has 0 saturated heterocycles. The lowest BCUT2D eigenvalue weighted by Gasteiger charge is -2.16. The summed E-state index contributed by atoms with van der Waals surface area (Å²) in [5.74, 6) is 1.73. The largest absolute Gasteiger partial charge is 0.496 e. The Labute approximate surface area is 178 Å². The molecule has 0 unspecified atom stereocenters. The van der Waals surface area contributed by atoms with Gasteiger partial charge in [0, 0.05) is 14.6 Å². The molecule has 2 heterocycles. The molecule has 0 aliphatic carbocycles. The van der Waals surface area contributed by atoms with Crippen LogP contribution in [0.15, 0.2) is 22.0 Å². The fourth-order valence-corrected chi connectivity index (χ4v) is 6.52. The van der Waals surface area contributed by atoms with E-state index in [9.17, 15) is 0 Å². The van der Waals surface area contributed by atoms with Gasteiger partial charge in [-0.25, -0.2) is 0 Å². The molecule has 0 amide bonds. The minimum Gasteiger partial charge on any atom is -0.496 e.